The third-order valence-corrected chi connectivity index (χ3v) is 7.54. The lowest BCUT2D eigenvalue weighted by Crippen LogP contribution is -2.52. The number of carbonyl (C=O) groups excluding carboxylic acids is 1. The van der Waals surface area contributed by atoms with Crippen molar-refractivity contribution < 1.29 is 14.7 Å². The average molecular weight is 525 g/mol. The van der Waals surface area contributed by atoms with Crippen molar-refractivity contribution in [3.05, 3.63) is 99.8 Å². The fraction of sp³-hybridized carbons (Fsp3) is 0.345. The number of carbonyl (C=O) groups is 2. The highest BCUT2D eigenvalue weighted by Crippen LogP contribution is 2.48. The molecule has 0 aliphatic carbocycles. The maximum atomic E-state index is 14.0. The topological polar surface area (TPSA) is 70.5 Å². The van der Waals surface area contributed by atoms with Crippen molar-refractivity contribution in [3.8, 4) is 0 Å². The minimum Gasteiger partial charge on any atom is -0.481 e. The molecule has 4 atom stereocenters. The number of rotatable bonds is 9. The second-order valence-corrected chi connectivity index (χ2v) is 10.2. The van der Waals surface area contributed by atoms with E-state index < -0.39 is 11.9 Å². The first-order valence-electron chi connectivity index (χ1n) is 12.3. The molecule has 7 heteroatoms. The second-order valence-electron chi connectivity index (χ2n) is 9.36. The maximum absolute atomic E-state index is 14.0. The molecule has 1 aliphatic heterocycles. The van der Waals surface area contributed by atoms with Gasteiger partial charge in [0, 0.05) is 39.8 Å². The first kappa shape index (κ1) is 26.2. The summed E-state index contributed by atoms with van der Waals surface area (Å²) >= 11 is 12.6. The summed E-state index contributed by atoms with van der Waals surface area (Å²) in [7, 11) is 0. The Bertz CT molecular complexity index is 1190. The van der Waals surface area contributed by atoms with Crippen LogP contribution < -0.4 is 0 Å². The van der Waals surface area contributed by atoms with Crippen LogP contribution in [0.25, 0.3) is 0 Å². The molecule has 4 rings (SSSR count). The van der Waals surface area contributed by atoms with Gasteiger partial charge in [0.05, 0.1) is 12.5 Å². The number of nitrogens with zero attached hydrogens (tertiary/aromatic N) is 2. The molecule has 188 valence electrons. The molecular formula is C29H30Cl2N2O3. The minimum absolute atomic E-state index is 0.0848. The summed E-state index contributed by atoms with van der Waals surface area (Å²) < 4.78 is 0. The lowest BCUT2D eigenvalue weighted by Gasteiger charge is -2.48. The van der Waals surface area contributed by atoms with Crippen LogP contribution >= 0.6 is 23.2 Å². The number of pyridine rings is 1. The van der Waals surface area contributed by atoms with Crippen molar-refractivity contribution in [2.24, 2.45) is 5.92 Å². The zero-order valence-corrected chi connectivity index (χ0v) is 21.7. The standard InChI is InChI=1S/C29H30Cl2N2O3/c1-2-25(14-13-24-8-3-4-15-32-24)33-28(19-9-11-22(30)12-10-19)26(20-6-5-7-23(31)16-20)17-21(29(33)36)18-27(34)35/h3-12,15-16,21,25-26,28H,2,13-14,17-18H2,1H3,(H,34,35)/t21-,25+,26+,28+/m0/s1. The van der Waals surface area contributed by atoms with Crippen LogP contribution in [0.15, 0.2) is 72.9 Å². The van der Waals surface area contributed by atoms with Crippen molar-refractivity contribution in [2.75, 3.05) is 0 Å². The summed E-state index contributed by atoms with van der Waals surface area (Å²) in [4.78, 5) is 32.1. The lowest BCUT2D eigenvalue weighted by molar-refractivity contribution is -0.152. The number of piperidine rings is 1. The fourth-order valence-electron chi connectivity index (χ4n) is 5.38. The summed E-state index contributed by atoms with van der Waals surface area (Å²) in [6, 6.07) is 20.8. The molecule has 0 saturated carbocycles. The normalized spacial score (nSPS) is 20.8. The van der Waals surface area contributed by atoms with Gasteiger partial charge in [0.25, 0.3) is 0 Å². The highest BCUT2D eigenvalue weighted by Gasteiger charge is 2.45. The van der Waals surface area contributed by atoms with Gasteiger partial charge in [-0.25, -0.2) is 0 Å². The molecule has 0 radical (unpaired) electrons. The molecule has 2 heterocycles. The summed E-state index contributed by atoms with van der Waals surface area (Å²) in [5, 5.41) is 10.9. The number of hydrogen-bond acceptors (Lipinski definition) is 3. The van der Waals surface area contributed by atoms with E-state index in [1.165, 1.54) is 0 Å². The third kappa shape index (κ3) is 6.08. The molecule has 1 fully saturated rings. The van der Waals surface area contributed by atoms with E-state index in [-0.39, 0.29) is 30.3 Å². The van der Waals surface area contributed by atoms with E-state index >= 15 is 0 Å². The van der Waals surface area contributed by atoms with Crippen molar-refractivity contribution in [2.45, 2.75) is 57.0 Å². The number of likely N-dealkylation sites (tertiary alicyclic amines) is 1. The zero-order valence-electron chi connectivity index (χ0n) is 20.2. The zero-order chi connectivity index (χ0) is 25.7. The summed E-state index contributed by atoms with van der Waals surface area (Å²) in [5.41, 5.74) is 2.94. The molecule has 1 aromatic heterocycles. The Hall–Kier alpha value is -2.89. The van der Waals surface area contributed by atoms with Crippen molar-refractivity contribution >= 4 is 35.1 Å². The van der Waals surface area contributed by atoms with Gasteiger partial charge in [0.15, 0.2) is 0 Å². The molecule has 2 aromatic carbocycles. The molecule has 3 aromatic rings. The Kier molecular flexibility index (Phi) is 8.65. The number of aryl methyl sites for hydroxylation is 1. The van der Waals surface area contributed by atoms with E-state index in [1.54, 1.807) is 6.20 Å². The monoisotopic (exact) mass is 524 g/mol. The number of amides is 1. The van der Waals surface area contributed by atoms with Crippen molar-refractivity contribution in [1.82, 2.24) is 9.88 Å². The van der Waals surface area contributed by atoms with Crippen LogP contribution in [-0.4, -0.2) is 32.9 Å². The molecule has 1 aliphatic rings. The van der Waals surface area contributed by atoms with Gasteiger partial charge >= 0.3 is 5.97 Å². The van der Waals surface area contributed by atoms with Gasteiger partial charge < -0.3 is 10.0 Å². The highest BCUT2D eigenvalue weighted by atomic mass is 35.5. The Morgan fingerprint density at radius 1 is 1.06 bits per heavy atom. The molecule has 36 heavy (non-hydrogen) atoms. The van der Waals surface area contributed by atoms with Crippen LogP contribution in [0.3, 0.4) is 0 Å². The number of hydrogen-bond donors (Lipinski definition) is 1. The fourth-order valence-corrected chi connectivity index (χ4v) is 5.70. The Morgan fingerprint density at radius 2 is 1.83 bits per heavy atom. The lowest BCUT2D eigenvalue weighted by atomic mass is 9.74. The predicted molar refractivity (Wildman–Crippen MR) is 142 cm³/mol. The molecule has 0 spiro atoms. The van der Waals surface area contributed by atoms with E-state index in [0.717, 1.165) is 36.1 Å². The highest BCUT2D eigenvalue weighted by molar-refractivity contribution is 6.30. The number of aromatic nitrogens is 1. The first-order chi connectivity index (χ1) is 17.4. The minimum atomic E-state index is -0.968. The quantitative estimate of drug-likeness (QED) is 0.328. The molecule has 1 saturated heterocycles. The molecule has 0 bridgehead atoms. The Balaban J connectivity index is 1.79. The van der Waals surface area contributed by atoms with Crippen molar-refractivity contribution in [3.63, 3.8) is 0 Å². The van der Waals surface area contributed by atoms with E-state index in [2.05, 4.69) is 11.9 Å². The van der Waals surface area contributed by atoms with Gasteiger partial charge in [0.2, 0.25) is 5.91 Å². The average Bonchev–Trinajstić information content (AvgIpc) is 2.87. The van der Waals surface area contributed by atoms with E-state index in [0.29, 0.717) is 16.5 Å². The van der Waals surface area contributed by atoms with Gasteiger partial charge in [-0.3, -0.25) is 14.6 Å². The molecule has 0 unspecified atom stereocenters. The van der Waals surface area contributed by atoms with Crippen LogP contribution in [0.1, 0.15) is 61.4 Å². The van der Waals surface area contributed by atoms with E-state index in [4.69, 9.17) is 23.2 Å². The predicted octanol–water partition coefficient (Wildman–Crippen LogP) is 6.95. The number of aliphatic carboxylic acids is 1. The van der Waals surface area contributed by atoms with E-state index in [9.17, 15) is 14.7 Å². The second kappa shape index (κ2) is 11.9. The third-order valence-electron chi connectivity index (χ3n) is 7.06. The van der Waals surface area contributed by atoms with Gasteiger partial charge in [-0.1, -0.05) is 60.5 Å². The SMILES string of the molecule is CC[C@H](CCc1ccccn1)N1C(=O)[C@H](CC(=O)O)C[C@H](c2cccc(Cl)c2)[C@H]1c1ccc(Cl)cc1. The molecule has 1 amide bonds. The summed E-state index contributed by atoms with van der Waals surface area (Å²) in [6.07, 6.45) is 4.21. The number of halogens is 2. The van der Waals surface area contributed by atoms with Crippen LogP contribution in [0.4, 0.5) is 0 Å². The van der Waals surface area contributed by atoms with Gasteiger partial charge in [-0.05, 0) is 73.2 Å². The largest absolute Gasteiger partial charge is 0.481 e. The summed E-state index contributed by atoms with van der Waals surface area (Å²) in [5.74, 6) is -1.80. The van der Waals surface area contributed by atoms with E-state index in [1.807, 2.05) is 71.6 Å². The summed E-state index contributed by atoms with van der Waals surface area (Å²) in [6.45, 7) is 2.07. The van der Waals surface area contributed by atoms with Gasteiger partial charge in [-0.15, -0.1) is 0 Å². The van der Waals surface area contributed by atoms with Crippen molar-refractivity contribution in [1.29, 1.82) is 0 Å². The number of benzene rings is 2. The van der Waals surface area contributed by atoms with Gasteiger partial charge in [-0.2, -0.15) is 0 Å². The number of carboxylic acid groups (broad SMARTS) is 1. The Labute approximate surface area is 222 Å². The molecule has 1 N–H and O–H groups in total. The van der Waals surface area contributed by atoms with Gasteiger partial charge in [0.1, 0.15) is 0 Å². The van der Waals surface area contributed by atoms with Crippen LogP contribution in [-0.2, 0) is 16.0 Å². The van der Waals surface area contributed by atoms with Crippen LogP contribution in [0, 0.1) is 5.92 Å². The molecular weight excluding hydrogens is 495 g/mol. The smallest absolute Gasteiger partial charge is 0.304 e. The first-order valence-corrected chi connectivity index (χ1v) is 13.1. The van der Waals surface area contributed by atoms with Crippen LogP contribution in [0.2, 0.25) is 10.0 Å². The van der Waals surface area contributed by atoms with Crippen LogP contribution in [0.5, 0.6) is 0 Å². The maximum Gasteiger partial charge on any atom is 0.304 e. The number of carboxylic acids is 1. The molecule has 5 nitrogen and oxygen atoms in total. The Morgan fingerprint density at radius 3 is 2.47 bits per heavy atom.